The Bertz CT molecular complexity index is 148. The number of methoxy groups -OCH3 is 1. The van der Waals surface area contributed by atoms with Crippen molar-refractivity contribution in [3.8, 4) is 0 Å². The van der Waals surface area contributed by atoms with Crippen molar-refractivity contribution >= 4 is 0 Å². The van der Waals surface area contributed by atoms with Gasteiger partial charge < -0.3 is 9.84 Å². The van der Waals surface area contributed by atoms with E-state index in [1.54, 1.807) is 7.11 Å². The maximum Gasteiger partial charge on any atom is 0.0830 e. The molecule has 16 heavy (non-hydrogen) atoms. The average Bonchev–Trinajstić information content (AvgIpc) is 2.30. The Morgan fingerprint density at radius 1 is 1.06 bits per heavy atom. The van der Waals surface area contributed by atoms with Gasteiger partial charge in [0.1, 0.15) is 0 Å². The lowest BCUT2D eigenvalue weighted by atomic mass is 9.90. The molecule has 0 aromatic carbocycles. The van der Waals surface area contributed by atoms with E-state index in [2.05, 4.69) is 20.8 Å². The normalized spacial score (nSPS) is 17.1. The van der Waals surface area contributed by atoms with Crippen LogP contribution in [-0.2, 0) is 4.74 Å². The third-order valence-corrected chi connectivity index (χ3v) is 3.42. The minimum absolute atomic E-state index is 0.0284. The van der Waals surface area contributed by atoms with Crippen molar-refractivity contribution in [1.29, 1.82) is 0 Å². The molecule has 0 aliphatic rings. The summed E-state index contributed by atoms with van der Waals surface area (Å²) in [5.74, 6) is 0.657. The summed E-state index contributed by atoms with van der Waals surface area (Å²) in [5.41, 5.74) is 0. The highest BCUT2D eigenvalue weighted by Crippen LogP contribution is 2.21. The first kappa shape index (κ1) is 15.9. The molecule has 0 amide bonds. The van der Waals surface area contributed by atoms with Gasteiger partial charge >= 0.3 is 0 Å². The number of rotatable bonds is 10. The van der Waals surface area contributed by atoms with Crippen molar-refractivity contribution in [1.82, 2.24) is 0 Å². The second-order valence-electron chi connectivity index (χ2n) is 4.78. The van der Waals surface area contributed by atoms with Gasteiger partial charge in [-0.25, -0.2) is 0 Å². The predicted octanol–water partition coefficient (Wildman–Crippen LogP) is 3.77. The fourth-order valence-electron chi connectivity index (χ4n) is 2.23. The highest BCUT2D eigenvalue weighted by atomic mass is 16.5. The quantitative estimate of drug-likeness (QED) is 0.619. The van der Waals surface area contributed by atoms with Crippen LogP contribution in [0.25, 0.3) is 0 Å². The molecule has 3 unspecified atom stereocenters. The Morgan fingerprint density at radius 3 is 2.19 bits per heavy atom. The van der Waals surface area contributed by atoms with Crippen LogP contribution >= 0.6 is 0 Å². The van der Waals surface area contributed by atoms with Crippen molar-refractivity contribution in [3.63, 3.8) is 0 Å². The van der Waals surface area contributed by atoms with Gasteiger partial charge in [0, 0.05) is 7.11 Å². The van der Waals surface area contributed by atoms with Crippen LogP contribution in [0.1, 0.15) is 65.7 Å². The molecule has 0 aromatic rings. The van der Waals surface area contributed by atoms with E-state index in [0.717, 1.165) is 19.3 Å². The summed E-state index contributed by atoms with van der Waals surface area (Å²) in [6, 6.07) is 0. The number of hydrogen-bond donors (Lipinski definition) is 1. The van der Waals surface area contributed by atoms with E-state index >= 15 is 0 Å². The zero-order valence-electron chi connectivity index (χ0n) is 11.5. The Labute approximate surface area is 101 Å². The zero-order valence-corrected chi connectivity index (χ0v) is 11.5. The molecule has 0 spiro atoms. The third-order valence-electron chi connectivity index (χ3n) is 3.42. The monoisotopic (exact) mass is 230 g/mol. The van der Waals surface area contributed by atoms with Gasteiger partial charge in [0.15, 0.2) is 0 Å². The van der Waals surface area contributed by atoms with E-state index in [9.17, 15) is 5.11 Å². The molecular weight excluding hydrogens is 200 g/mol. The highest BCUT2D eigenvalue weighted by Gasteiger charge is 2.21. The van der Waals surface area contributed by atoms with Gasteiger partial charge in [0.25, 0.3) is 0 Å². The van der Waals surface area contributed by atoms with E-state index in [-0.39, 0.29) is 12.2 Å². The van der Waals surface area contributed by atoms with Crippen molar-refractivity contribution in [2.75, 3.05) is 7.11 Å². The second-order valence-corrected chi connectivity index (χ2v) is 4.78. The average molecular weight is 230 g/mol. The summed E-state index contributed by atoms with van der Waals surface area (Å²) in [7, 11) is 1.70. The van der Waals surface area contributed by atoms with Gasteiger partial charge in [0.2, 0.25) is 0 Å². The smallest absolute Gasteiger partial charge is 0.0830 e. The molecule has 0 heterocycles. The summed E-state index contributed by atoms with van der Waals surface area (Å²) < 4.78 is 5.35. The SMILES string of the molecule is CCCCC(CC)CC(O)C(CCC)OC. The van der Waals surface area contributed by atoms with Gasteiger partial charge in [-0.1, -0.05) is 52.9 Å². The first-order valence-corrected chi connectivity index (χ1v) is 6.90. The highest BCUT2D eigenvalue weighted by molar-refractivity contribution is 4.72. The molecule has 0 aliphatic carbocycles. The van der Waals surface area contributed by atoms with Crippen LogP contribution in [0.15, 0.2) is 0 Å². The molecule has 2 heteroatoms. The second kappa shape index (κ2) is 10.1. The Hall–Kier alpha value is -0.0800. The Morgan fingerprint density at radius 2 is 1.75 bits per heavy atom. The lowest BCUT2D eigenvalue weighted by molar-refractivity contribution is -0.0282. The van der Waals surface area contributed by atoms with E-state index < -0.39 is 0 Å². The molecule has 0 saturated heterocycles. The van der Waals surface area contributed by atoms with Crippen LogP contribution in [0, 0.1) is 5.92 Å². The summed E-state index contributed by atoms with van der Waals surface area (Å²) in [4.78, 5) is 0. The number of aliphatic hydroxyl groups is 1. The van der Waals surface area contributed by atoms with E-state index in [0.29, 0.717) is 5.92 Å². The van der Waals surface area contributed by atoms with Crippen LogP contribution in [-0.4, -0.2) is 24.4 Å². The molecule has 0 aliphatic heterocycles. The molecule has 0 aromatic heterocycles. The van der Waals surface area contributed by atoms with Gasteiger partial charge in [-0.3, -0.25) is 0 Å². The summed E-state index contributed by atoms with van der Waals surface area (Å²) in [6.07, 6.45) is 7.60. The Balaban J connectivity index is 3.99. The maximum atomic E-state index is 10.1. The largest absolute Gasteiger partial charge is 0.390 e. The maximum absolute atomic E-state index is 10.1. The molecule has 0 rings (SSSR count). The van der Waals surface area contributed by atoms with Crippen molar-refractivity contribution in [2.24, 2.45) is 5.92 Å². The Kier molecular flexibility index (Phi) is 10.0. The van der Waals surface area contributed by atoms with Crippen molar-refractivity contribution in [2.45, 2.75) is 77.9 Å². The zero-order chi connectivity index (χ0) is 12.4. The number of ether oxygens (including phenoxy) is 1. The van der Waals surface area contributed by atoms with E-state index in [1.165, 1.54) is 25.7 Å². The topological polar surface area (TPSA) is 29.5 Å². The lowest BCUT2D eigenvalue weighted by Gasteiger charge is -2.25. The minimum Gasteiger partial charge on any atom is -0.390 e. The van der Waals surface area contributed by atoms with Gasteiger partial charge in [-0.05, 0) is 18.8 Å². The molecule has 98 valence electrons. The first-order valence-electron chi connectivity index (χ1n) is 6.90. The van der Waals surface area contributed by atoms with Crippen LogP contribution in [0.3, 0.4) is 0 Å². The summed E-state index contributed by atoms with van der Waals surface area (Å²) in [6.45, 7) is 6.57. The predicted molar refractivity (Wildman–Crippen MR) is 69.6 cm³/mol. The fraction of sp³-hybridized carbons (Fsp3) is 1.00. The molecule has 0 fully saturated rings. The molecule has 0 radical (unpaired) electrons. The number of aliphatic hydroxyl groups excluding tert-OH is 1. The van der Waals surface area contributed by atoms with E-state index in [1.807, 2.05) is 0 Å². The molecule has 0 saturated carbocycles. The molecule has 3 atom stereocenters. The minimum atomic E-state index is -0.285. The van der Waals surface area contributed by atoms with Gasteiger partial charge in [-0.2, -0.15) is 0 Å². The summed E-state index contributed by atoms with van der Waals surface area (Å²) in [5, 5.41) is 10.1. The first-order chi connectivity index (χ1) is 7.69. The van der Waals surface area contributed by atoms with Crippen LogP contribution in [0.2, 0.25) is 0 Å². The lowest BCUT2D eigenvalue weighted by Crippen LogP contribution is -2.30. The van der Waals surface area contributed by atoms with Gasteiger partial charge in [0.05, 0.1) is 12.2 Å². The number of unbranched alkanes of at least 4 members (excludes halogenated alkanes) is 1. The molecule has 1 N–H and O–H groups in total. The third kappa shape index (κ3) is 6.49. The van der Waals surface area contributed by atoms with Crippen LogP contribution in [0.4, 0.5) is 0 Å². The summed E-state index contributed by atoms with van der Waals surface area (Å²) >= 11 is 0. The van der Waals surface area contributed by atoms with Crippen LogP contribution in [0.5, 0.6) is 0 Å². The van der Waals surface area contributed by atoms with Crippen molar-refractivity contribution in [3.05, 3.63) is 0 Å². The van der Waals surface area contributed by atoms with Crippen LogP contribution < -0.4 is 0 Å². The molecular formula is C14H30O2. The fourth-order valence-corrected chi connectivity index (χ4v) is 2.23. The van der Waals surface area contributed by atoms with Crippen molar-refractivity contribution < 1.29 is 9.84 Å². The number of hydrogen-bond acceptors (Lipinski definition) is 2. The molecule has 0 bridgehead atoms. The standard InChI is InChI=1S/C14H30O2/c1-5-8-10-12(7-3)11-13(15)14(16-4)9-6-2/h12-15H,5-11H2,1-4H3. The van der Waals surface area contributed by atoms with E-state index in [4.69, 9.17) is 4.74 Å². The molecule has 2 nitrogen and oxygen atoms in total. The van der Waals surface area contributed by atoms with Gasteiger partial charge in [-0.15, -0.1) is 0 Å².